The maximum atomic E-state index is 13.9. The van der Waals surface area contributed by atoms with E-state index in [1.807, 2.05) is 11.8 Å². The van der Waals surface area contributed by atoms with E-state index in [4.69, 9.17) is 11.6 Å². The molecule has 0 unspecified atom stereocenters. The van der Waals surface area contributed by atoms with Crippen molar-refractivity contribution in [3.05, 3.63) is 62.7 Å². The van der Waals surface area contributed by atoms with Crippen LogP contribution in [0.25, 0.3) is 0 Å². The first-order chi connectivity index (χ1) is 15.8. The molecule has 4 aliphatic heterocycles. The molecule has 4 atom stereocenters. The van der Waals surface area contributed by atoms with Gasteiger partial charge in [-0.2, -0.15) is 0 Å². The molecule has 10 heteroatoms. The molecule has 3 saturated heterocycles. The van der Waals surface area contributed by atoms with Gasteiger partial charge in [-0.3, -0.25) is 29.4 Å². The monoisotopic (exact) mass is 466 g/mol. The number of benzene rings is 2. The van der Waals surface area contributed by atoms with Crippen LogP contribution in [0.15, 0.2) is 36.4 Å². The third kappa shape index (κ3) is 2.38. The van der Waals surface area contributed by atoms with Crippen molar-refractivity contribution >= 4 is 46.4 Å². The fourth-order valence-electron chi connectivity index (χ4n) is 6.44. The van der Waals surface area contributed by atoms with Gasteiger partial charge in [-0.1, -0.05) is 17.7 Å². The standard InChI is InChI=1S/C23H19ClN4O5/c1-11-8-12(24)9-15-19(11)25-22(31)23(15)18-17(16-6-3-7-26(16)23)20(29)27(21(18)30)13-4-2-5-14(10-13)28(32)33/h2,4-5,8-10,16-18H,3,6-7H2,1H3,(H,25,31)/t16-,17-,18-,23-/m1/s1. The number of anilines is 2. The average Bonchev–Trinajstić information content (AvgIpc) is 3.47. The number of nitrogens with zero attached hydrogens (tertiary/aromatic N) is 3. The van der Waals surface area contributed by atoms with Gasteiger partial charge in [-0.15, -0.1) is 0 Å². The van der Waals surface area contributed by atoms with Crippen molar-refractivity contribution in [3.63, 3.8) is 0 Å². The number of rotatable bonds is 2. The Balaban J connectivity index is 1.55. The molecular weight excluding hydrogens is 448 g/mol. The molecule has 2 aromatic rings. The van der Waals surface area contributed by atoms with E-state index in [9.17, 15) is 24.5 Å². The highest BCUT2D eigenvalue weighted by Gasteiger charge is 2.74. The number of hydrogen-bond donors (Lipinski definition) is 1. The summed E-state index contributed by atoms with van der Waals surface area (Å²) in [5.74, 6) is -2.91. The summed E-state index contributed by atoms with van der Waals surface area (Å²) in [6.07, 6.45) is 1.49. The summed E-state index contributed by atoms with van der Waals surface area (Å²) in [4.78, 5) is 55.0. The first kappa shape index (κ1) is 20.3. The van der Waals surface area contributed by atoms with Crippen molar-refractivity contribution in [3.8, 4) is 0 Å². The highest BCUT2D eigenvalue weighted by Crippen LogP contribution is 2.61. The van der Waals surface area contributed by atoms with Crippen molar-refractivity contribution in [1.29, 1.82) is 0 Å². The lowest BCUT2D eigenvalue weighted by molar-refractivity contribution is -0.384. The van der Waals surface area contributed by atoms with Crippen LogP contribution in [-0.4, -0.2) is 40.1 Å². The lowest BCUT2D eigenvalue weighted by atomic mass is 9.75. The summed E-state index contributed by atoms with van der Waals surface area (Å²) in [5.41, 5.74) is 0.639. The highest BCUT2D eigenvalue weighted by molar-refractivity contribution is 6.31. The number of imide groups is 1. The van der Waals surface area contributed by atoms with Gasteiger partial charge in [-0.25, -0.2) is 4.90 Å². The minimum absolute atomic E-state index is 0.147. The minimum atomic E-state index is -1.33. The van der Waals surface area contributed by atoms with Gasteiger partial charge in [0.1, 0.15) is 5.54 Å². The zero-order valence-corrected chi connectivity index (χ0v) is 18.3. The third-order valence-corrected chi connectivity index (χ3v) is 7.78. The van der Waals surface area contributed by atoms with E-state index in [0.29, 0.717) is 29.2 Å². The number of nitro benzene ring substituents is 1. The number of non-ortho nitro benzene ring substituents is 1. The predicted molar refractivity (Wildman–Crippen MR) is 119 cm³/mol. The van der Waals surface area contributed by atoms with Crippen molar-refractivity contribution in [2.75, 3.05) is 16.8 Å². The van der Waals surface area contributed by atoms with E-state index in [1.165, 1.54) is 24.3 Å². The number of nitro groups is 1. The van der Waals surface area contributed by atoms with Crippen LogP contribution in [0.1, 0.15) is 24.0 Å². The number of hydrogen-bond acceptors (Lipinski definition) is 6. The van der Waals surface area contributed by atoms with E-state index in [1.54, 1.807) is 12.1 Å². The normalized spacial score (nSPS) is 30.1. The predicted octanol–water partition coefficient (Wildman–Crippen LogP) is 2.99. The van der Waals surface area contributed by atoms with Crippen LogP contribution in [0.4, 0.5) is 17.1 Å². The summed E-state index contributed by atoms with van der Waals surface area (Å²) in [5, 5.41) is 14.7. The van der Waals surface area contributed by atoms with Gasteiger partial charge in [0.15, 0.2) is 0 Å². The Morgan fingerprint density at radius 1 is 1.18 bits per heavy atom. The molecule has 4 heterocycles. The van der Waals surface area contributed by atoms with E-state index < -0.39 is 34.1 Å². The number of carbonyl (C=O) groups excluding carboxylic acids is 3. The van der Waals surface area contributed by atoms with Crippen LogP contribution in [-0.2, 0) is 19.9 Å². The third-order valence-electron chi connectivity index (χ3n) is 7.56. The van der Waals surface area contributed by atoms with Crippen molar-refractivity contribution in [1.82, 2.24) is 4.90 Å². The second-order valence-corrected chi connectivity index (χ2v) is 9.50. The van der Waals surface area contributed by atoms with Gasteiger partial charge in [-0.05, 0) is 50.1 Å². The molecule has 0 aromatic heterocycles. The SMILES string of the molecule is Cc1cc(Cl)cc2c1NC(=O)[C@]21[C@H]2C(=O)N(c3cccc([N+](=O)[O-])c3)C(=O)[C@@H]2[C@H]2CCCN21. The Hall–Kier alpha value is -3.30. The molecule has 3 amide bonds. The van der Waals surface area contributed by atoms with Crippen molar-refractivity contribution in [2.24, 2.45) is 11.8 Å². The maximum absolute atomic E-state index is 13.9. The number of halogens is 1. The molecule has 9 nitrogen and oxygen atoms in total. The van der Waals surface area contributed by atoms with Gasteiger partial charge in [0.2, 0.25) is 17.7 Å². The Morgan fingerprint density at radius 3 is 2.73 bits per heavy atom. The molecule has 0 radical (unpaired) electrons. The second-order valence-electron chi connectivity index (χ2n) is 9.06. The summed E-state index contributed by atoms with van der Waals surface area (Å²) in [6.45, 7) is 2.43. The Labute approximate surface area is 193 Å². The number of fused-ring (bicyclic) bond motifs is 7. The molecule has 1 N–H and O–H groups in total. The lowest BCUT2D eigenvalue weighted by Gasteiger charge is -2.36. The fraction of sp³-hybridized carbons (Fsp3) is 0.348. The molecule has 0 aliphatic carbocycles. The Kier molecular flexibility index (Phi) is 4.07. The zero-order chi connectivity index (χ0) is 23.2. The molecule has 1 spiro atoms. The number of carbonyl (C=O) groups is 3. The van der Waals surface area contributed by atoms with Crippen molar-refractivity contribution in [2.45, 2.75) is 31.3 Å². The minimum Gasteiger partial charge on any atom is -0.324 e. The highest BCUT2D eigenvalue weighted by atomic mass is 35.5. The van der Waals surface area contributed by atoms with Crippen LogP contribution in [0.3, 0.4) is 0 Å². The molecule has 33 heavy (non-hydrogen) atoms. The average molecular weight is 467 g/mol. The summed E-state index contributed by atoms with van der Waals surface area (Å²) in [6, 6.07) is 8.68. The van der Waals surface area contributed by atoms with Gasteiger partial charge in [0, 0.05) is 34.4 Å². The van der Waals surface area contributed by atoms with Gasteiger partial charge < -0.3 is 5.32 Å². The molecule has 0 saturated carbocycles. The second kappa shape index (κ2) is 6.61. The largest absolute Gasteiger partial charge is 0.324 e. The van der Waals surface area contributed by atoms with E-state index in [0.717, 1.165) is 16.9 Å². The first-order valence-electron chi connectivity index (χ1n) is 10.8. The lowest BCUT2D eigenvalue weighted by Crippen LogP contribution is -2.54. The van der Waals surface area contributed by atoms with E-state index in [-0.39, 0.29) is 23.3 Å². The van der Waals surface area contributed by atoms with Crippen LogP contribution in [0.5, 0.6) is 0 Å². The summed E-state index contributed by atoms with van der Waals surface area (Å²) < 4.78 is 0. The quantitative estimate of drug-likeness (QED) is 0.413. The maximum Gasteiger partial charge on any atom is 0.271 e. The van der Waals surface area contributed by atoms with Gasteiger partial charge in [0.25, 0.3) is 5.69 Å². The Bertz CT molecular complexity index is 1300. The molecule has 6 rings (SSSR count). The molecule has 168 valence electrons. The van der Waals surface area contributed by atoms with Crippen LogP contribution in [0, 0.1) is 28.9 Å². The zero-order valence-electron chi connectivity index (χ0n) is 17.6. The number of aryl methyl sites for hydroxylation is 1. The molecule has 4 aliphatic rings. The molecule has 0 bridgehead atoms. The topological polar surface area (TPSA) is 113 Å². The number of nitrogens with one attached hydrogen (secondary N) is 1. The van der Waals surface area contributed by atoms with E-state index >= 15 is 0 Å². The van der Waals surface area contributed by atoms with Crippen LogP contribution >= 0.6 is 11.6 Å². The summed E-state index contributed by atoms with van der Waals surface area (Å²) in [7, 11) is 0. The molecular formula is C23H19ClN4O5. The molecule has 2 aromatic carbocycles. The summed E-state index contributed by atoms with van der Waals surface area (Å²) >= 11 is 6.38. The first-order valence-corrected chi connectivity index (χ1v) is 11.2. The smallest absolute Gasteiger partial charge is 0.271 e. The van der Waals surface area contributed by atoms with Gasteiger partial charge in [0.05, 0.1) is 22.4 Å². The van der Waals surface area contributed by atoms with Crippen molar-refractivity contribution < 1.29 is 19.3 Å². The van der Waals surface area contributed by atoms with E-state index in [2.05, 4.69) is 5.32 Å². The van der Waals surface area contributed by atoms with Crippen LogP contribution in [0.2, 0.25) is 5.02 Å². The van der Waals surface area contributed by atoms with Crippen LogP contribution < -0.4 is 10.2 Å². The van der Waals surface area contributed by atoms with Gasteiger partial charge >= 0.3 is 0 Å². The fourth-order valence-corrected chi connectivity index (χ4v) is 6.71. The number of amides is 3. The Morgan fingerprint density at radius 2 is 1.97 bits per heavy atom. The molecule has 3 fully saturated rings.